The van der Waals surface area contributed by atoms with E-state index in [4.69, 9.17) is 4.74 Å². The van der Waals surface area contributed by atoms with Gasteiger partial charge in [-0.3, -0.25) is 9.88 Å². The average Bonchev–Trinajstić information content (AvgIpc) is 2.56. The van der Waals surface area contributed by atoms with Gasteiger partial charge < -0.3 is 4.74 Å². The molecule has 0 unspecified atom stereocenters. The average molecular weight is 298 g/mol. The van der Waals surface area contributed by atoms with E-state index in [1.807, 2.05) is 12.4 Å². The molecule has 1 aromatic heterocycles. The smallest absolute Gasteiger partial charge is 0.0490 e. The van der Waals surface area contributed by atoms with Crippen molar-refractivity contribution in [3.8, 4) is 0 Å². The summed E-state index contributed by atoms with van der Waals surface area (Å²) in [6.45, 7) is 6.65. The van der Waals surface area contributed by atoms with Crippen LogP contribution in [0, 0.1) is 11.8 Å². The van der Waals surface area contributed by atoms with E-state index in [-0.39, 0.29) is 0 Å². The Hall–Kier alpha value is -1.45. The van der Waals surface area contributed by atoms with Crippen LogP contribution in [0.15, 0.2) is 36.7 Å². The number of hydrogen-bond donors (Lipinski definition) is 0. The summed E-state index contributed by atoms with van der Waals surface area (Å²) in [4.78, 5) is 6.81. The highest BCUT2D eigenvalue weighted by molar-refractivity contribution is 5.84. The van der Waals surface area contributed by atoms with Crippen LogP contribution in [0.2, 0.25) is 0 Å². The molecular formula is C19H26N2O. The minimum atomic E-state index is 0.677. The highest BCUT2D eigenvalue weighted by Crippen LogP contribution is 2.27. The van der Waals surface area contributed by atoms with Crippen molar-refractivity contribution in [2.45, 2.75) is 26.3 Å². The third-order valence-electron chi connectivity index (χ3n) is 5.03. The molecule has 0 bridgehead atoms. The fourth-order valence-corrected chi connectivity index (χ4v) is 3.65. The Morgan fingerprint density at radius 3 is 2.86 bits per heavy atom. The lowest BCUT2D eigenvalue weighted by Crippen LogP contribution is -2.36. The summed E-state index contributed by atoms with van der Waals surface area (Å²) in [5.74, 6) is 1.49. The van der Waals surface area contributed by atoms with Gasteiger partial charge in [-0.25, -0.2) is 0 Å². The standard InChI is InChI=1S/C19H26N2O/c1-15(14-22-2)16-7-10-21(11-8-16)13-18-5-3-4-17-12-20-9-6-19(17)18/h3-6,9,12,15-16H,7-8,10-11,13-14H2,1-2H3/t15-/m1/s1. The fourth-order valence-electron chi connectivity index (χ4n) is 3.65. The Labute approximate surface area is 133 Å². The van der Waals surface area contributed by atoms with Crippen LogP contribution in [0.5, 0.6) is 0 Å². The molecule has 118 valence electrons. The SMILES string of the molecule is COC[C@@H](C)C1CCN(Cc2cccc3cnccc23)CC1. The molecule has 0 N–H and O–H groups in total. The zero-order valence-corrected chi connectivity index (χ0v) is 13.7. The molecule has 0 saturated carbocycles. The minimum absolute atomic E-state index is 0.677. The monoisotopic (exact) mass is 298 g/mol. The Balaban J connectivity index is 1.63. The van der Waals surface area contributed by atoms with Crippen LogP contribution in [0.25, 0.3) is 10.8 Å². The van der Waals surface area contributed by atoms with Crippen LogP contribution in [0.1, 0.15) is 25.3 Å². The largest absolute Gasteiger partial charge is 0.384 e. The first kappa shape index (κ1) is 15.4. The topological polar surface area (TPSA) is 25.4 Å². The van der Waals surface area contributed by atoms with E-state index in [9.17, 15) is 0 Å². The summed E-state index contributed by atoms with van der Waals surface area (Å²) in [5.41, 5.74) is 1.42. The predicted octanol–water partition coefficient (Wildman–Crippen LogP) is 3.73. The van der Waals surface area contributed by atoms with E-state index in [0.29, 0.717) is 5.92 Å². The second-order valence-corrected chi connectivity index (χ2v) is 6.56. The molecule has 3 rings (SSSR count). The molecule has 0 radical (unpaired) electrons. The number of ether oxygens (including phenoxy) is 1. The summed E-state index contributed by atoms with van der Waals surface area (Å²) in [6, 6.07) is 8.68. The summed E-state index contributed by atoms with van der Waals surface area (Å²) in [5, 5.41) is 2.58. The molecule has 1 aromatic carbocycles. The third kappa shape index (κ3) is 3.47. The molecule has 0 aliphatic carbocycles. The van der Waals surface area contributed by atoms with Crippen LogP contribution in [0.4, 0.5) is 0 Å². The second-order valence-electron chi connectivity index (χ2n) is 6.56. The number of rotatable bonds is 5. The minimum Gasteiger partial charge on any atom is -0.384 e. The van der Waals surface area contributed by atoms with Crippen molar-refractivity contribution in [2.24, 2.45) is 11.8 Å². The predicted molar refractivity (Wildman–Crippen MR) is 90.8 cm³/mol. The van der Waals surface area contributed by atoms with Crippen LogP contribution in [-0.4, -0.2) is 36.7 Å². The van der Waals surface area contributed by atoms with Gasteiger partial charge in [-0.2, -0.15) is 0 Å². The number of methoxy groups -OCH3 is 1. The van der Waals surface area contributed by atoms with Gasteiger partial charge in [-0.15, -0.1) is 0 Å². The number of piperidine rings is 1. The number of fused-ring (bicyclic) bond motifs is 1. The molecule has 1 saturated heterocycles. The summed E-state index contributed by atoms with van der Waals surface area (Å²) < 4.78 is 5.31. The zero-order chi connectivity index (χ0) is 15.4. The molecule has 3 nitrogen and oxygen atoms in total. The van der Waals surface area contributed by atoms with Crippen molar-refractivity contribution in [2.75, 3.05) is 26.8 Å². The van der Waals surface area contributed by atoms with Crippen molar-refractivity contribution >= 4 is 10.8 Å². The van der Waals surface area contributed by atoms with Crippen LogP contribution >= 0.6 is 0 Å². The molecule has 1 atom stereocenters. The maximum absolute atomic E-state index is 5.31. The summed E-state index contributed by atoms with van der Waals surface area (Å²) in [7, 11) is 1.81. The maximum Gasteiger partial charge on any atom is 0.0490 e. The van der Waals surface area contributed by atoms with Gasteiger partial charge in [0.15, 0.2) is 0 Å². The highest BCUT2D eigenvalue weighted by Gasteiger charge is 2.23. The van der Waals surface area contributed by atoms with E-state index in [1.165, 1.54) is 42.3 Å². The van der Waals surface area contributed by atoms with Gasteiger partial charge in [0.05, 0.1) is 0 Å². The molecule has 2 aromatic rings. The lowest BCUT2D eigenvalue weighted by atomic mass is 9.86. The van der Waals surface area contributed by atoms with Gasteiger partial charge in [-0.05, 0) is 54.8 Å². The van der Waals surface area contributed by atoms with Gasteiger partial charge in [0.25, 0.3) is 0 Å². The molecular weight excluding hydrogens is 272 g/mol. The first-order valence-corrected chi connectivity index (χ1v) is 8.31. The molecule has 3 heteroatoms. The van der Waals surface area contributed by atoms with Crippen molar-refractivity contribution in [1.29, 1.82) is 0 Å². The Kier molecular flexibility index (Phi) is 5.06. The lowest BCUT2D eigenvalue weighted by Gasteiger charge is -2.34. The van der Waals surface area contributed by atoms with Crippen molar-refractivity contribution in [3.63, 3.8) is 0 Å². The quantitative estimate of drug-likeness (QED) is 0.841. The highest BCUT2D eigenvalue weighted by atomic mass is 16.5. The Morgan fingerprint density at radius 2 is 2.09 bits per heavy atom. The number of pyridine rings is 1. The molecule has 0 spiro atoms. The van der Waals surface area contributed by atoms with E-state index in [2.05, 4.69) is 41.1 Å². The van der Waals surface area contributed by atoms with E-state index >= 15 is 0 Å². The molecule has 2 heterocycles. The van der Waals surface area contributed by atoms with Gasteiger partial charge in [0, 0.05) is 38.0 Å². The number of likely N-dealkylation sites (tertiary alicyclic amines) is 1. The van der Waals surface area contributed by atoms with Gasteiger partial charge in [-0.1, -0.05) is 25.1 Å². The first-order valence-electron chi connectivity index (χ1n) is 8.31. The second kappa shape index (κ2) is 7.21. The molecule has 1 aliphatic rings. The van der Waals surface area contributed by atoms with Crippen molar-refractivity contribution in [1.82, 2.24) is 9.88 Å². The van der Waals surface area contributed by atoms with Gasteiger partial charge in [0.2, 0.25) is 0 Å². The maximum atomic E-state index is 5.31. The van der Waals surface area contributed by atoms with Crippen molar-refractivity contribution < 1.29 is 4.74 Å². The van der Waals surface area contributed by atoms with Gasteiger partial charge in [0.1, 0.15) is 0 Å². The fraction of sp³-hybridized carbons (Fsp3) is 0.526. The normalized spacial score (nSPS) is 18.6. The molecule has 1 fully saturated rings. The number of benzene rings is 1. The summed E-state index contributed by atoms with van der Waals surface area (Å²) in [6.07, 6.45) is 6.43. The van der Waals surface area contributed by atoms with E-state index < -0.39 is 0 Å². The third-order valence-corrected chi connectivity index (χ3v) is 5.03. The van der Waals surface area contributed by atoms with Crippen molar-refractivity contribution in [3.05, 3.63) is 42.2 Å². The summed E-state index contributed by atoms with van der Waals surface area (Å²) >= 11 is 0. The van der Waals surface area contributed by atoms with Crippen LogP contribution < -0.4 is 0 Å². The van der Waals surface area contributed by atoms with Crippen LogP contribution in [-0.2, 0) is 11.3 Å². The molecule has 0 amide bonds. The first-order chi connectivity index (χ1) is 10.8. The van der Waals surface area contributed by atoms with E-state index in [0.717, 1.165) is 19.1 Å². The lowest BCUT2D eigenvalue weighted by molar-refractivity contribution is 0.0881. The number of nitrogens with zero attached hydrogens (tertiary/aromatic N) is 2. The number of aromatic nitrogens is 1. The molecule has 1 aliphatic heterocycles. The Morgan fingerprint density at radius 1 is 1.27 bits per heavy atom. The zero-order valence-electron chi connectivity index (χ0n) is 13.7. The van der Waals surface area contributed by atoms with Gasteiger partial charge >= 0.3 is 0 Å². The van der Waals surface area contributed by atoms with E-state index in [1.54, 1.807) is 7.11 Å². The molecule has 22 heavy (non-hydrogen) atoms. The number of hydrogen-bond acceptors (Lipinski definition) is 3. The Bertz CT molecular complexity index is 600. The van der Waals surface area contributed by atoms with Crippen LogP contribution in [0.3, 0.4) is 0 Å².